The lowest BCUT2D eigenvalue weighted by atomic mass is 10.2. The number of pyridine rings is 1. The van der Waals surface area contributed by atoms with E-state index in [1.807, 2.05) is 13.0 Å². The predicted octanol–water partition coefficient (Wildman–Crippen LogP) is 1.43. The largest absolute Gasteiger partial charge is 0.316 e. The Labute approximate surface area is 93.1 Å². The summed E-state index contributed by atoms with van der Waals surface area (Å²) in [6.45, 7) is 2.33. The lowest BCUT2D eigenvalue weighted by molar-refractivity contribution is 0.576. The van der Waals surface area contributed by atoms with Gasteiger partial charge in [-0.15, -0.1) is 0 Å². The first-order valence-electron chi connectivity index (χ1n) is 5.03. The Hall–Kier alpha value is -1.75. The molecule has 0 aromatic carbocycles. The lowest BCUT2D eigenvalue weighted by Crippen LogP contribution is -2.10. The van der Waals surface area contributed by atoms with Crippen LogP contribution in [-0.2, 0) is 6.54 Å². The number of aromatic nitrogens is 3. The topological polar surface area (TPSA) is 42.7 Å². The van der Waals surface area contributed by atoms with Gasteiger partial charge in [-0.1, -0.05) is 0 Å². The zero-order valence-corrected chi connectivity index (χ0v) is 9.24. The summed E-state index contributed by atoms with van der Waals surface area (Å²) in [6.07, 6.45) is 3.28. The number of nitrogens with zero attached hydrogens (tertiary/aromatic N) is 3. The second kappa shape index (κ2) is 4.40. The molecule has 0 aliphatic heterocycles. The van der Waals surface area contributed by atoms with Crippen LogP contribution >= 0.6 is 0 Å². The highest BCUT2D eigenvalue weighted by Gasteiger charge is 2.11. The zero-order chi connectivity index (χ0) is 11.5. The summed E-state index contributed by atoms with van der Waals surface area (Å²) in [5.41, 5.74) is 1.42. The van der Waals surface area contributed by atoms with Gasteiger partial charge in [0.05, 0.1) is 5.69 Å². The molecule has 0 unspecified atom stereocenters. The lowest BCUT2D eigenvalue weighted by Gasteiger charge is -2.06. The van der Waals surface area contributed by atoms with Crippen LogP contribution in [0.25, 0.3) is 5.82 Å². The number of aryl methyl sites for hydroxylation is 1. The minimum atomic E-state index is -0.333. The summed E-state index contributed by atoms with van der Waals surface area (Å²) in [6, 6.07) is 3.47. The summed E-state index contributed by atoms with van der Waals surface area (Å²) < 4.78 is 15.4. The third-order valence-corrected chi connectivity index (χ3v) is 2.26. The summed E-state index contributed by atoms with van der Waals surface area (Å²) in [7, 11) is 1.78. The smallest absolute Gasteiger partial charge is 0.190 e. The maximum absolute atomic E-state index is 14.0. The van der Waals surface area contributed by atoms with E-state index in [-0.39, 0.29) is 11.6 Å². The van der Waals surface area contributed by atoms with Gasteiger partial charge in [-0.25, -0.2) is 14.1 Å². The molecule has 2 aromatic rings. The Kier molecular flexibility index (Phi) is 2.96. The molecule has 0 aliphatic carbocycles. The summed E-state index contributed by atoms with van der Waals surface area (Å²) >= 11 is 0. The van der Waals surface area contributed by atoms with Crippen LogP contribution in [0.15, 0.2) is 24.5 Å². The van der Waals surface area contributed by atoms with E-state index in [0.717, 1.165) is 5.69 Å². The molecule has 4 nitrogen and oxygen atoms in total. The van der Waals surface area contributed by atoms with Gasteiger partial charge in [-0.2, -0.15) is 5.10 Å². The molecule has 2 rings (SSSR count). The molecule has 0 bridgehead atoms. The summed E-state index contributed by atoms with van der Waals surface area (Å²) in [5, 5.41) is 7.05. The Balaban J connectivity index is 2.45. The van der Waals surface area contributed by atoms with Crippen LogP contribution in [0.4, 0.5) is 4.39 Å². The van der Waals surface area contributed by atoms with Gasteiger partial charge in [-0.3, -0.25) is 0 Å². The molecule has 0 aliphatic rings. The van der Waals surface area contributed by atoms with Crippen molar-refractivity contribution in [2.75, 3.05) is 7.05 Å². The highest BCUT2D eigenvalue weighted by Crippen LogP contribution is 2.14. The first-order valence-corrected chi connectivity index (χ1v) is 5.03. The molecule has 0 fully saturated rings. The number of nitrogens with one attached hydrogen (secondary N) is 1. The molecule has 84 valence electrons. The summed E-state index contributed by atoms with van der Waals surface area (Å²) in [5.74, 6) is -0.0965. The average molecular weight is 220 g/mol. The van der Waals surface area contributed by atoms with E-state index < -0.39 is 0 Å². The molecule has 0 spiro atoms. The van der Waals surface area contributed by atoms with E-state index >= 15 is 0 Å². The fourth-order valence-corrected chi connectivity index (χ4v) is 1.49. The second-order valence-corrected chi connectivity index (χ2v) is 3.54. The molecule has 1 N–H and O–H groups in total. The van der Waals surface area contributed by atoms with Crippen molar-refractivity contribution in [1.29, 1.82) is 0 Å². The van der Waals surface area contributed by atoms with Crippen LogP contribution < -0.4 is 5.32 Å². The van der Waals surface area contributed by atoms with E-state index in [1.54, 1.807) is 25.5 Å². The number of halogens is 1. The Morgan fingerprint density at radius 1 is 1.44 bits per heavy atom. The van der Waals surface area contributed by atoms with Gasteiger partial charge in [0, 0.05) is 24.5 Å². The van der Waals surface area contributed by atoms with Crippen molar-refractivity contribution < 1.29 is 4.39 Å². The molecule has 0 saturated heterocycles. The van der Waals surface area contributed by atoms with Crippen molar-refractivity contribution in [1.82, 2.24) is 20.1 Å². The Morgan fingerprint density at radius 3 is 2.88 bits per heavy atom. The van der Waals surface area contributed by atoms with Crippen LogP contribution in [-0.4, -0.2) is 21.8 Å². The molecule has 0 saturated carbocycles. The maximum atomic E-state index is 14.0. The molecular formula is C11H13FN4. The van der Waals surface area contributed by atoms with Crippen LogP contribution in [0.2, 0.25) is 0 Å². The van der Waals surface area contributed by atoms with Crippen molar-refractivity contribution in [3.05, 3.63) is 41.6 Å². The van der Waals surface area contributed by atoms with Crippen molar-refractivity contribution in [3.8, 4) is 5.82 Å². The SMILES string of the molecule is CNCc1ccnc(-n2ccc(C)n2)c1F. The maximum Gasteiger partial charge on any atom is 0.190 e. The van der Waals surface area contributed by atoms with Gasteiger partial charge in [0.2, 0.25) is 0 Å². The molecule has 5 heteroatoms. The minimum Gasteiger partial charge on any atom is -0.316 e. The molecular weight excluding hydrogens is 207 g/mol. The van der Waals surface area contributed by atoms with Gasteiger partial charge in [-0.05, 0) is 26.1 Å². The summed E-state index contributed by atoms with van der Waals surface area (Å²) in [4.78, 5) is 4.00. The molecule has 0 radical (unpaired) electrons. The molecule has 2 heterocycles. The zero-order valence-electron chi connectivity index (χ0n) is 9.24. The fourth-order valence-electron chi connectivity index (χ4n) is 1.49. The number of hydrogen-bond acceptors (Lipinski definition) is 3. The first kappa shape index (κ1) is 10.8. The Morgan fingerprint density at radius 2 is 2.25 bits per heavy atom. The number of rotatable bonds is 3. The molecule has 2 aromatic heterocycles. The van der Waals surface area contributed by atoms with E-state index in [4.69, 9.17) is 0 Å². The van der Waals surface area contributed by atoms with Crippen LogP contribution in [0.5, 0.6) is 0 Å². The third kappa shape index (κ3) is 1.94. The van der Waals surface area contributed by atoms with Gasteiger partial charge >= 0.3 is 0 Å². The van der Waals surface area contributed by atoms with E-state index in [0.29, 0.717) is 12.1 Å². The quantitative estimate of drug-likeness (QED) is 0.851. The van der Waals surface area contributed by atoms with Gasteiger partial charge in [0.15, 0.2) is 11.6 Å². The fraction of sp³-hybridized carbons (Fsp3) is 0.273. The minimum absolute atomic E-state index is 0.237. The Bertz CT molecular complexity index is 492. The molecule has 0 atom stereocenters. The van der Waals surface area contributed by atoms with Crippen molar-refractivity contribution >= 4 is 0 Å². The predicted molar refractivity (Wildman–Crippen MR) is 58.8 cm³/mol. The second-order valence-electron chi connectivity index (χ2n) is 3.54. The van der Waals surface area contributed by atoms with Crippen LogP contribution in [0, 0.1) is 12.7 Å². The van der Waals surface area contributed by atoms with Gasteiger partial charge < -0.3 is 5.32 Å². The van der Waals surface area contributed by atoms with Crippen molar-refractivity contribution in [3.63, 3.8) is 0 Å². The van der Waals surface area contributed by atoms with E-state index in [2.05, 4.69) is 15.4 Å². The van der Waals surface area contributed by atoms with Crippen molar-refractivity contribution in [2.24, 2.45) is 0 Å². The molecule has 16 heavy (non-hydrogen) atoms. The van der Waals surface area contributed by atoms with Crippen LogP contribution in [0.1, 0.15) is 11.3 Å². The first-order chi connectivity index (χ1) is 7.72. The average Bonchev–Trinajstić information content (AvgIpc) is 2.68. The third-order valence-electron chi connectivity index (χ3n) is 2.26. The van der Waals surface area contributed by atoms with Crippen LogP contribution in [0.3, 0.4) is 0 Å². The monoisotopic (exact) mass is 220 g/mol. The molecule has 0 amide bonds. The number of hydrogen-bond donors (Lipinski definition) is 1. The highest BCUT2D eigenvalue weighted by atomic mass is 19.1. The van der Waals surface area contributed by atoms with Crippen molar-refractivity contribution in [2.45, 2.75) is 13.5 Å². The van der Waals surface area contributed by atoms with Gasteiger partial charge in [0.25, 0.3) is 0 Å². The standard InChI is InChI=1S/C11H13FN4/c1-8-4-6-16(15-8)11-10(12)9(7-13-2)3-5-14-11/h3-6,13H,7H2,1-2H3. The normalized spacial score (nSPS) is 10.7. The van der Waals surface area contributed by atoms with E-state index in [1.165, 1.54) is 4.68 Å². The van der Waals surface area contributed by atoms with Gasteiger partial charge in [0.1, 0.15) is 0 Å². The highest BCUT2D eigenvalue weighted by molar-refractivity contribution is 5.30. The van der Waals surface area contributed by atoms with E-state index in [9.17, 15) is 4.39 Å².